The van der Waals surface area contributed by atoms with Gasteiger partial charge in [-0.2, -0.15) is 0 Å². The first kappa shape index (κ1) is 15.9. The number of esters is 1. The van der Waals surface area contributed by atoms with Crippen molar-refractivity contribution in [2.75, 3.05) is 19.4 Å². The molecule has 1 aromatic rings. The van der Waals surface area contributed by atoms with Crippen molar-refractivity contribution in [3.05, 3.63) is 35.4 Å². The van der Waals surface area contributed by atoms with Crippen molar-refractivity contribution < 1.29 is 14.3 Å². The molecule has 1 aliphatic heterocycles. The second-order valence-electron chi connectivity index (χ2n) is 5.24. The fraction of sp³-hybridized carbons (Fsp3) is 0.500. The van der Waals surface area contributed by atoms with Gasteiger partial charge in [-0.3, -0.25) is 9.59 Å². The summed E-state index contributed by atoms with van der Waals surface area (Å²) in [7, 11) is 1.38. The Labute approximate surface area is 129 Å². The Bertz CT molecular complexity index is 518. The second kappa shape index (κ2) is 7.50. The smallest absolute Gasteiger partial charge is 0.306 e. The fourth-order valence-corrected chi connectivity index (χ4v) is 3.25. The van der Waals surface area contributed by atoms with Gasteiger partial charge >= 0.3 is 5.97 Å². The molecule has 1 heterocycles. The third-order valence-electron chi connectivity index (χ3n) is 3.66. The molecule has 0 aliphatic carbocycles. The zero-order valence-corrected chi connectivity index (χ0v) is 13.3. The van der Waals surface area contributed by atoms with Crippen LogP contribution in [-0.4, -0.2) is 41.4 Å². The van der Waals surface area contributed by atoms with Crippen molar-refractivity contribution in [3.8, 4) is 0 Å². The number of nitrogens with zero attached hydrogens (tertiary/aromatic N) is 1. The molecule has 0 radical (unpaired) electrons. The first-order valence-corrected chi connectivity index (χ1v) is 8.18. The highest BCUT2D eigenvalue weighted by Gasteiger charge is 2.21. The summed E-state index contributed by atoms with van der Waals surface area (Å²) in [6.07, 6.45) is 1.27. The predicted molar refractivity (Wildman–Crippen MR) is 84.1 cm³/mol. The summed E-state index contributed by atoms with van der Waals surface area (Å²) >= 11 is 1.51. The van der Waals surface area contributed by atoms with E-state index in [0.29, 0.717) is 18.7 Å². The summed E-state index contributed by atoms with van der Waals surface area (Å²) in [5, 5.41) is 0.0958. The van der Waals surface area contributed by atoms with E-state index < -0.39 is 0 Å². The summed E-state index contributed by atoms with van der Waals surface area (Å²) in [4.78, 5) is 25.3. The number of carbonyl (C=O) groups excluding carboxylic acids is 2. The van der Waals surface area contributed by atoms with Crippen molar-refractivity contribution in [2.24, 2.45) is 0 Å². The Morgan fingerprint density at radius 1 is 1.33 bits per heavy atom. The van der Waals surface area contributed by atoms with Crippen LogP contribution in [0.2, 0.25) is 0 Å². The molecular weight excluding hydrogens is 286 g/mol. The van der Waals surface area contributed by atoms with Gasteiger partial charge in [-0.15, -0.1) is 11.8 Å². The summed E-state index contributed by atoms with van der Waals surface area (Å²) < 4.78 is 4.64. The molecule has 114 valence electrons. The number of hydrogen-bond acceptors (Lipinski definition) is 4. The summed E-state index contributed by atoms with van der Waals surface area (Å²) in [5.41, 5.74) is 2.58. The lowest BCUT2D eigenvalue weighted by Crippen LogP contribution is -2.37. The van der Waals surface area contributed by atoms with E-state index in [1.54, 1.807) is 0 Å². The van der Waals surface area contributed by atoms with Crippen LogP contribution in [0.25, 0.3) is 0 Å². The molecule has 5 heteroatoms. The normalized spacial score (nSPS) is 15.2. The standard InChI is InChI=1S/C16H21NO3S/c1-12(9-16(19)20-2)21-11-15(18)17-8-7-13-5-3-4-6-14(13)10-17/h3-6,12H,7-11H2,1-2H3. The van der Waals surface area contributed by atoms with Crippen LogP contribution in [0.4, 0.5) is 0 Å². The molecule has 0 aromatic heterocycles. The number of hydrogen-bond donors (Lipinski definition) is 0. The van der Waals surface area contributed by atoms with E-state index in [0.717, 1.165) is 13.0 Å². The van der Waals surface area contributed by atoms with E-state index in [-0.39, 0.29) is 17.1 Å². The number of benzene rings is 1. The zero-order chi connectivity index (χ0) is 15.2. The molecule has 21 heavy (non-hydrogen) atoms. The van der Waals surface area contributed by atoms with E-state index in [2.05, 4.69) is 16.9 Å². The third kappa shape index (κ3) is 4.49. The van der Waals surface area contributed by atoms with Crippen molar-refractivity contribution in [2.45, 2.75) is 31.6 Å². The van der Waals surface area contributed by atoms with E-state index >= 15 is 0 Å². The minimum Gasteiger partial charge on any atom is -0.469 e. The molecule has 2 rings (SSSR count). The Balaban J connectivity index is 1.81. The largest absolute Gasteiger partial charge is 0.469 e. The van der Waals surface area contributed by atoms with Crippen molar-refractivity contribution >= 4 is 23.6 Å². The average Bonchev–Trinajstić information content (AvgIpc) is 2.51. The number of fused-ring (bicyclic) bond motifs is 1. The van der Waals surface area contributed by atoms with E-state index in [1.165, 1.54) is 30.0 Å². The molecule has 1 unspecified atom stereocenters. The van der Waals surface area contributed by atoms with Crippen LogP contribution in [0.3, 0.4) is 0 Å². The van der Waals surface area contributed by atoms with Gasteiger partial charge in [0.1, 0.15) is 0 Å². The van der Waals surface area contributed by atoms with Gasteiger partial charge in [0.2, 0.25) is 5.91 Å². The van der Waals surface area contributed by atoms with E-state index in [4.69, 9.17) is 0 Å². The molecule has 0 N–H and O–H groups in total. The van der Waals surface area contributed by atoms with Crippen LogP contribution in [0, 0.1) is 0 Å². The van der Waals surface area contributed by atoms with Crippen LogP contribution in [0.1, 0.15) is 24.5 Å². The number of ether oxygens (including phenoxy) is 1. The van der Waals surface area contributed by atoms with Gasteiger partial charge in [-0.05, 0) is 17.5 Å². The van der Waals surface area contributed by atoms with E-state index in [1.807, 2.05) is 24.0 Å². The number of methoxy groups -OCH3 is 1. The summed E-state index contributed by atoms with van der Waals surface area (Å²) in [6.45, 7) is 3.42. The maximum Gasteiger partial charge on any atom is 0.306 e. The molecule has 0 saturated heterocycles. The molecule has 1 aromatic carbocycles. The molecule has 0 fully saturated rings. The highest BCUT2D eigenvalue weighted by atomic mass is 32.2. The van der Waals surface area contributed by atoms with E-state index in [9.17, 15) is 9.59 Å². The molecule has 0 saturated carbocycles. The van der Waals surface area contributed by atoms with Gasteiger partial charge in [0, 0.05) is 18.3 Å². The minimum absolute atomic E-state index is 0.0958. The quantitative estimate of drug-likeness (QED) is 0.783. The van der Waals surface area contributed by atoms with Crippen LogP contribution < -0.4 is 0 Å². The molecule has 1 aliphatic rings. The monoisotopic (exact) mass is 307 g/mol. The highest BCUT2D eigenvalue weighted by molar-refractivity contribution is 8.00. The lowest BCUT2D eigenvalue weighted by molar-refractivity contribution is -0.140. The number of thioether (sulfide) groups is 1. The van der Waals surface area contributed by atoms with Gasteiger partial charge in [0.15, 0.2) is 0 Å². The lowest BCUT2D eigenvalue weighted by Gasteiger charge is -2.29. The fourth-order valence-electron chi connectivity index (χ4n) is 2.39. The summed E-state index contributed by atoms with van der Waals surface area (Å²) in [5.74, 6) is 0.334. The summed E-state index contributed by atoms with van der Waals surface area (Å²) in [6, 6.07) is 8.27. The maximum absolute atomic E-state index is 12.3. The third-order valence-corrected chi connectivity index (χ3v) is 4.81. The number of amides is 1. The Kier molecular flexibility index (Phi) is 5.67. The van der Waals surface area contributed by atoms with Gasteiger partial charge in [-0.1, -0.05) is 31.2 Å². The molecule has 1 atom stereocenters. The molecule has 1 amide bonds. The second-order valence-corrected chi connectivity index (χ2v) is 6.66. The molecule has 0 bridgehead atoms. The number of carbonyl (C=O) groups is 2. The first-order chi connectivity index (χ1) is 10.1. The minimum atomic E-state index is -0.227. The Morgan fingerprint density at radius 3 is 2.76 bits per heavy atom. The Hall–Kier alpha value is -1.49. The van der Waals surface area contributed by atoms with Crippen molar-refractivity contribution in [1.82, 2.24) is 4.90 Å². The number of rotatable bonds is 5. The maximum atomic E-state index is 12.3. The van der Waals surface area contributed by atoms with Crippen molar-refractivity contribution in [3.63, 3.8) is 0 Å². The molecular formula is C16H21NO3S. The van der Waals surface area contributed by atoms with Crippen LogP contribution in [0.15, 0.2) is 24.3 Å². The SMILES string of the molecule is COC(=O)CC(C)SCC(=O)N1CCc2ccccc2C1. The van der Waals surface area contributed by atoms with Crippen LogP contribution in [0.5, 0.6) is 0 Å². The topological polar surface area (TPSA) is 46.6 Å². The van der Waals surface area contributed by atoms with Gasteiger partial charge in [-0.25, -0.2) is 0 Å². The first-order valence-electron chi connectivity index (χ1n) is 7.13. The lowest BCUT2D eigenvalue weighted by atomic mass is 10.00. The molecule has 0 spiro atoms. The van der Waals surface area contributed by atoms with Crippen LogP contribution >= 0.6 is 11.8 Å². The van der Waals surface area contributed by atoms with Gasteiger partial charge in [0.05, 0.1) is 19.3 Å². The van der Waals surface area contributed by atoms with Crippen LogP contribution in [-0.2, 0) is 27.3 Å². The molecule has 4 nitrogen and oxygen atoms in total. The highest BCUT2D eigenvalue weighted by Crippen LogP contribution is 2.21. The van der Waals surface area contributed by atoms with Gasteiger partial charge < -0.3 is 9.64 Å². The van der Waals surface area contributed by atoms with Crippen molar-refractivity contribution in [1.29, 1.82) is 0 Å². The average molecular weight is 307 g/mol. The van der Waals surface area contributed by atoms with Gasteiger partial charge in [0.25, 0.3) is 0 Å². The predicted octanol–water partition coefficient (Wildman–Crippen LogP) is 2.26. The zero-order valence-electron chi connectivity index (χ0n) is 12.5. The Morgan fingerprint density at radius 2 is 2.05 bits per heavy atom.